The zero-order chi connectivity index (χ0) is 18.1. The molecule has 25 heavy (non-hydrogen) atoms. The number of hydrogen-bond donors (Lipinski definition) is 2. The highest BCUT2D eigenvalue weighted by molar-refractivity contribution is 6.39. The Kier molecular flexibility index (Phi) is 4.29. The van der Waals surface area contributed by atoms with E-state index in [4.69, 9.17) is 11.6 Å². The van der Waals surface area contributed by atoms with Crippen LogP contribution in [0.25, 0.3) is 6.08 Å². The number of anilines is 1. The van der Waals surface area contributed by atoms with E-state index in [9.17, 15) is 19.5 Å². The lowest BCUT2D eigenvalue weighted by molar-refractivity contribution is -0.122. The molecule has 2 aromatic carbocycles. The SMILES string of the molecule is Cc1ccc(N2C(=O)NC(=O)C(=Cc3cc(Cl)ccc3O)C2=O)cc1. The Balaban J connectivity index is 2.05. The van der Waals surface area contributed by atoms with Gasteiger partial charge in [-0.05, 0) is 43.3 Å². The van der Waals surface area contributed by atoms with Gasteiger partial charge in [0.05, 0.1) is 5.69 Å². The summed E-state index contributed by atoms with van der Waals surface area (Å²) in [7, 11) is 0. The van der Waals surface area contributed by atoms with Crippen LogP contribution in [0.2, 0.25) is 5.02 Å². The standard InChI is InChI=1S/C18H13ClN2O4/c1-10-2-5-13(6-3-10)21-17(24)14(16(23)20-18(21)25)9-11-8-12(19)4-7-15(11)22/h2-9,22H,1H3,(H,20,23,25). The summed E-state index contributed by atoms with van der Waals surface area (Å²) in [6, 6.07) is 10.1. The molecule has 2 aromatic rings. The first-order valence-electron chi connectivity index (χ1n) is 7.33. The minimum absolute atomic E-state index is 0.142. The highest BCUT2D eigenvalue weighted by Gasteiger charge is 2.36. The van der Waals surface area contributed by atoms with Gasteiger partial charge >= 0.3 is 6.03 Å². The number of carbonyl (C=O) groups is 3. The van der Waals surface area contributed by atoms with E-state index >= 15 is 0 Å². The van der Waals surface area contributed by atoms with Crippen LogP contribution in [0.15, 0.2) is 48.0 Å². The number of phenols is 1. The number of imide groups is 2. The Labute approximate surface area is 148 Å². The third kappa shape index (κ3) is 3.25. The van der Waals surface area contributed by atoms with E-state index in [1.54, 1.807) is 24.3 Å². The van der Waals surface area contributed by atoms with Crippen LogP contribution in [0.1, 0.15) is 11.1 Å². The predicted molar refractivity (Wildman–Crippen MR) is 93.3 cm³/mol. The fourth-order valence-electron chi connectivity index (χ4n) is 2.38. The van der Waals surface area contributed by atoms with E-state index in [1.807, 2.05) is 6.92 Å². The molecule has 6 nitrogen and oxygen atoms in total. The number of nitrogens with one attached hydrogen (secondary N) is 1. The maximum Gasteiger partial charge on any atom is 0.335 e. The number of benzene rings is 2. The molecule has 126 valence electrons. The minimum Gasteiger partial charge on any atom is -0.507 e. The molecule has 3 rings (SSSR count). The van der Waals surface area contributed by atoms with Gasteiger partial charge in [-0.3, -0.25) is 14.9 Å². The van der Waals surface area contributed by atoms with Crippen molar-refractivity contribution in [3.8, 4) is 5.75 Å². The van der Waals surface area contributed by atoms with Crippen LogP contribution in [0, 0.1) is 6.92 Å². The van der Waals surface area contributed by atoms with Gasteiger partial charge in [0.2, 0.25) is 0 Å². The van der Waals surface area contributed by atoms with Gasteiger partial charge in [-0.25, -0.2) is 9.69 Å². The molecule has 1 saturated heterocycles. The van der Waals surface area contributed by atoms with Gasteiger partial charge in [0.1, 0.15) is 11.3 Å². The molecule has 2 N–H and O–H groups in total. The van der Waals surface area contributed by atoms with Crippen molar-refractivity contribution in [2.75, 3.05) is 4.90 Å². The number of carbonyl (C=O) groups excluding carboxylic acids is 3. The van der Waals surface area contributed by atoms with Gasteiger partial charge in [0.25, 0.3) is 11.8 Å². The molecule has 0 radical (unpaired) electrons. The summed E-state index contributed by atoms with van der Waals surface area (Å²) in [5.41, 5.74) is 1.22. The van der Waals surface area contributed by atoms with Crippen molar-refractivity contribution in [3.05, 3.63) is 64.2 Å². The average molecular weight is 357 g/mol. The summed E-state index contributed by atoms with van der Waals surface area (Å²) >= 11 is 5.88. The molecule has 0 aliphatic carbocycles. The van der Waals surface area contributed by atoms with Crippen LogP contribution in [0.4, 0.5) is 10.5 Å². The molecule has 0 unspecified atom stereocenters. The van der Waals surface area contributed by atoms with Crippen LogP contribution < -0.4 is 10.2 Å². The molecule has 1 fully saturated rings. The highest BCUT2D eigenvalue weighted by atomic mass is 35.5. The van der Waals surface area contributed by atoms with Gasteiger partial charge in [-0.1, -0.05) is 29.3 Å². The summed E-state index contributed by atoms with van der Waals surface area (Å²) in [4.78, 5) is 37.7. The smallest absolute Gasteiger partial charge is 0.335 e. The summed E-state index contributed by atoms with van der Waals surface area (Å²) in [6.45, 7) is 1.87. The van der Waals surface area contributed by atoms with E-state index in [2.05, 4.69) is 5.32 Å². The number of rotatable bonds is 2. The van der Waals surface area contributed by atoms with E-state index in [0.29, 0.717) is 10.7 Å². The van der Waals surface area contributed by atoms with Gasteiger partial charge in [-0.2, -0.15) is 0 Å². The molecular weight excluding hydrogens is 344 g/mol. The summed E-state index contributed by atoms with van der Waals surface area (Å²) in [6.07, 6.45) is 1.20. The molecule has 1 aliphatic heterocycles. The first-order chi connectivity index (χ1) is 11.9. The van der Waals surface area contributed by atoms with Crippen LogP contribution in [-0.2, 0) is 9.59 Å². The zero-order valence-corrected chi connectivity index (χ0v) is 13.9. The fourth-order valence-corrected chi connectivity index (χ4v) is 2.56. The monoisotopic (exact) mass is 356 g/mol. The predicted octanol–water partition coefficient (Wildman–Crippen LogP) is 3.02. The number of urea groups is 1. The van der Waals surface area contributed by atoms with Crippen molar-refractivity contribution >= 4 is 41.2 Å². The largest absolute Gasteiger partial charge is 0.507 e. The lowest BCUT2D eigenvalue weighted by atomic mass is 10.1. The molecule has 0 bridgehead atoms. The lowest BCUT2D eigenvalue weighted by Crippen LogP contribution is -2.54. The Bertz CT molecular complexity index is 919. The number of halogens is 1. The van der Waals surface area contributed by atoms with Gasteiger partial charge in [0.15, 0.2) is 0 Å². The molecule has 0 spiro atoms. The number of aryl methyl sites for hydroxylation is 1. The molecule has 1 aliphatic rings. The Morgan fingerprint density at radius 3 is 2.44 bits per heavy atom. The van der Waals surface area contributed by atoms with Crippen molar-refractivity contribution in [1.29, 1.82) is 0 Å². The number of barbiturate groups is 1. The van der Waals surface area contributed by atoms with E-state index in [1.165, 1.54) is 24.3 Å². The van der Waals surface area contributed by atoms with Gasteiger partial charge < -0.3 is 5.11 Å². The maximum atomic E-state index is 12.7. The van der Waals surface area contributed by atoms with Crippen molar-refractivity contribution in [3.63, 3.8) is 0 Å². The normalized spacial score (nSPS) is 16.3. The van der Waals surface area contributed by atoms with E-state index in [0.717, 1.165) is 10.5 Å². The first kappa shape index (κ1) is 16.7. The van der Waals surface area contributed by atoms with Gasteiger partial charge in [-0.15, -0.1) is 0 Å². The summed E-state index contributed by atoms with van der Waals surface area (Å²) in [5, 5.41) is 12.3. The first-order valence-corrected chi connectivity index (χ1v) is 7.71. The minimum atomic E-state index is -0.835. The number of aromatic hydroxyl groups is 1. The number of phenolic OH excluding ortho intramolecular Hbond substituents is 1. The second kappa shape index (κ2) is 6.41. The van der Waals surface area contributed by atoms with E-state index < -0.39 is 17.8 Å². The third-order valence-corrected chi connectivity index (χ3v) is 3.92. The van der Waals surface area contributed by atoms with Crippen molar-refractivity contribution in [2.24, 2.45) is 0 Å². The van der Waals surface area contributed by atoms with Crippen LogP contribution in [-0.4, -0.2) is 23.0 Å². The van der Waals surface area contributed by atoms with Crippen LogP contribution in [0.5, 0.6) is 5.75 Å². The lowest BCUT2D eigenvalue weighted by Gasteiger charge is -2.26. The third-order valence-electron chi connectivity index (χ3n) is 3.68. The average Bonchev–Trinajstić information content (AvgIpc) is 2.56. The van der Waals surface area contributed by atoms with E-state index in [-0.39, 0.29) is 16.9 Å². The Morgan fingerprint density at radius 1 is 1.08 bits per heavy atom. The number of amides is 4. The van der Waals surface area contributed by atoms with Gasteiger partial charge in [0, 0.05) is 10.6 Å². The fraction of sp³-hybridized carbons (Fsp3) is 0.0556. The molecule has 1 heterocycles. The quantitative estimate of drug-likeness (QED) is 0.639. The van der Waals surface area contributed by atoms with Crippen molar-refractivity contribution < 1.29 is 19.5 Å². The number of nitrogens with zero attached hydrogens (tertiary/aromatic N) is 1. The second-order valence-corrected chi connectivity index (χ2v) is 5.93. The molecule has 7 heteroatoms. The van der Waals surface area contributed by atoms with Crippen LogP contribution >= 0.6 is 11.6 Å². The molecule has 0 saturated carbocycles. The molecule has 0 atom stereocenters. The molecular formula is C18H13ClN2O4. The zero-order valence-electron chi connectivity index (χ0n) is 13.1. The highest BCUT2D eigenvalue weighted by Crippen LogP contribution is 2.27. The Morgan fingerprint density at radius 2 is 1.76 bits per heavy atom. The molecule has 0 aromatic heterocycles. The summed E-state index contributed by atoms with van der Waals surface area (Å²) < 4.78 is 0. The molecule has 4 amide bonds. The van der Waals surface area contributed by atoms with Crippen molar-refractivity contribution in [2.45, 2.75) is 6.92 Å². The maximum absolute atomic E-state index is 12.7. The van der Waals surface area contributed by atoms with Crippen molar-refractivity contribution in [1.82, 2.24) is 5.32 Å². The second-order valence-electron chi connectivity index (χ2n) is 5.50. The Hall–Kier alpha value is -3.12. The topological polar surface area (TPSA) is 86.7 Å². The van der Waals surface area contributed by atoms with Crippen LogP contribution in [0.3, 0.4) is 0 Å². The summed E-state index contributed by atoms with van der Waals surface area (Å²) in [5.74, 6) is -1.76. The number of hydrogen-bond acceptors (Lipinski definition) is 4.